The number of amides is 1. The molecule has 2 atom stereocenters. The predicted molar refractivity (Wildman–Crippen MR) is 89.6 cm³/mol. The molecule has 126 valence electrons. The molecule has 4 rings (SSSR count). The highest BCUT2D eigenvalue weighted by Gasteiger charge is 2.36. The molecule has 0 aromatic carbocycles. The van der Waals surface area contributed by atoms with Crippen molar-refractivity contribution in [1.29, 1.82) is 0 Å². The summed E-state index contributed by atoms with van der Waals surface area (Å²) < 4.78 is 10.9. The molecule has 0 bridgehead atoms. The molecule has 2 aromatic rings. The molecule has 6 nitrogen and oxygen atoms in total. The molecule has 2 aromatic heterocycles. The summed E-state index contributed by atoms with van der Waals surface area (Å²) in [5, 5.41) is 8.07. The van der Waals surface area contributed by atoms with Crippen molar-refractivity contribution in [2.45, 2.75) is 18.8 Å². The summed E-state index contributed by atoms with van der Waals surface area (Å²) in [6.45, 7) is 2.55. The number of ether oxygens (including phenoxy) is 1. The fourth-order valence-electron chi connectivity index (χ4n) is 3.27. The maximum atomic E-state index is 12.9. The van der Waals surface area contributed by atoms with Crippen LogP contribution < -0.4 is 0 Å². The largest absolute Gasteiger partial charge is 0.378 e. The lowest BCUT2D eigenvalue weighted by atomic mass is 9.81. The van der Waals surface area contributed by atoms with Gasteiger partial charge in [-0.2, -0.15) is 16.3 Å². The van der Waals surface area contributed by atoms with Crippen LogP contribution >= 0.6 is 11.3 Å². The molecule has 3 heterocycles. The molecule has 0 saturated carbocycles. The minimum absolute atomic E-state index is 0.0507. The minimum atomic E-state index is -0.135. The third-order valence-electron chi connectivity index (χ3n) is 4.61. The number of nitrogens with zero attached hydrogens (tertiary/aromatic N) is 3. The molecule has 7 heteroatoms. The van der Waals surface area contributed by atoms with Crippen molar-refractivity contribution in [2.24, 2.45) is 5.92 Å². The highest BCUT2D eigenvalue weighted by molar-refractivity contribution is 7.08. The highest BCUT2D eigenvalue weighted by atomic mass is 32.1. The van der Waals surface area contributed by atoms with E-state index in [2.05, 4.69) is 22.3 Å². The van der Waals surface area contributed by atoms with E-state index in [1.54, 1.807) is 11.3 Å². The maximum Gasteiger partial charge on any atom is 0.231 e. The molecule has 0 radical (unpaired) electrons. The van der Waals surface area contributed by atoms with Gasteiger partial charge in [0.15, 0.2) is 0 Å². The van der Waals surface area contributed by atoms with Gasteiger partial charge in [-0.25, -0.2) is 0 Å². The number of aromatic nitrogens is 2. The average molecular weight is 345 g/mol. The lowest BCUT2D eigenvalue weighted by molar-refractivity contribution is -0.140. The van der Waals surface area contributed by atoms with E-state index in [4.69, 9.17) is 9.26 Å². The topological polar surface area (TPSA) is 68.5 Å². The quantitative estimate of drug-likeness (QED) is 0.800. The van der Waals surface area contributed by atoms with Crippen LogP contribution in [-0.2, 0) is 9.53 Å². The molecular formula is C17H19N3O3S. The van der Waals surface area contributed by atoms with E-state index < -0.39 is 0 Å². The second-order valence-corrected chi connectivity index (χ2v) is 6.84. The maximum absolute atomic E-state index is 12.9. The number of carbonyl (C=O) groups is 1. The summed E-state index contributed by atoms with van der Waals surface area (Å²) >= 11 is 1.60. The Morgan fingerprint density at radius 1 is 1.25 bits per heavy atom. The van der Waals surface area contributed by atoms with Crippen LogP contribution in [-0.4, -0.2) is 47.3 Å². The fourth-order valence-corrected chi connectivity index (χ4v) is 3.91. The van der Waals surface area contributed by atoms with Gasteiger partial charge in [-0.05, 0) is 24.3 Å². The molecule has 24 heavy (non-hydrogen) atoms. The second kappa shape index (κ2) is 6.86. The normalized spacial score (nSPS) is 24.2. The number of hydrogen-bond acceptors (Lipinski definition) is 6. The third kappa shape index (κ3) is 3.01. The Bertz CT molecular complexity index is 719. The minimum Gasteiger partial charge on any atom is -0.378 e. The smallest absolute Gasteiger partial charge is 0.231 e. The van der Waals surface area contributed by atoms with Gasteiger partial charge in [0.05, 0.1) is 25.0 Å². The van der Waals surface area contributed by atoms with Crippen molar-refractivity contribution in [3.05, 3.63) is 34.9 Å². The molecule has 1 fully saturated rings. The van der Waals surface area contributed by atoms with Gasteiger partial charge in [-0.15, -0.1) is 0 Å². The summed E-state index contributed by atoms with van der Waals surface area (Å²) in [5.74, 6) is 1.14. The Labute approximate surface area is 144 Å². The van der Waals surface area contributed by atoms with Crippen LogP contribution in [0.4, 0.5) is 0 Å². The number of hydrogen-bond donors (Lipinski definition) is 0. The summed E-state index contributed by atoms with van der Waals surface area (Å²) in [7, 11) is 0. The molecule has 2 aliphatic rings. The first-order chi connectivity index (χ1) is 11.8. The van der Waals surface area contributed by atoms with Crippen LogP contribution in [0.25, 0.3) is 11.4 Å². The second-order valence-electron chi connectivity index (χ2n) is 6.06. The van der Waals surface area contributed by atoms with Crippen molar-refractivity contribution in [3.63, 3.8) is 0 Å². The summed E-state index contributed by atoms with van der Waals surface area (Å²) in [6, 6.07) is 1.97. The number of rotatable bonds is 3. The van der Waals surface area contributed by atoms with Crippen LogP contribution in [0.5, 0.6) is 0 Å². The Morgan fingerprint density at radius 3 is 2.88 bits per heavy atom. The van der Waals surface area contributed by atoms with E-state index in [1.165, 1.54) is 0 Å². The zero-order valence-corrected chi connectivity index (χ0v) is 14.1. The van der Waals surface area contributed by atoms with Gasteiger partial charge in [0.25, 0.3) is 0 Å². The first-order valence-electron chi connectivity index (χ1n) is 8.20. The molecule has 0 spiro atoms. The van der Waals surface area contributed by atoms with E-state index in [-0.39, 0.29) is 17.7 Å². The van der Waals surface area contributed by atoms with Crippen molar-refractivity contribution in [2.75, 3.05) is 26.3 Å². The van der Waals surface area contributed by atoms with Crippen molar-refractivity contribution < 1.29 is 14.1 Å². The van der Waals surface area contributed by atoms with Crippen LogP contribution in [0.3, 0.4) is 0 Å². The zero-order chi connectivity index (χ0) is 16.4. The van der Waals surface area contributed by atoms with Crippen LogP contribution in [0.2, 0.25) is 0 Å². The zero-order valence-electron chi connectivity index (χ0n) is 13.3. The van der Waals surface area contributed by atoms with Gasteiger partial charge in [0, 0.05) is 24.0 Å². The SMILES string of the molecule is O=C([C@@H]1CC=CC[C@@H]1c1nc(-c2ccsc2)no1)N1CCOCC1. The Kier molecular flexibility index (Phi) is 4.44. The standard InChI is InChI=1S/C17H19N3O3S/c21-17(20-6-8-22-9-7-20)14-4-2-1-3-13(14)16-18-15(19-23-16)12-5-10-24-11-12/h1-2,5,10-11,13-14H,3-4,6-9H2/t13-,14+/m0/s1. The summed E-state index contributed by atoms with van der Waals surface area (Å²) in [4.78, 5) is 19.4. The van der Waals surface area contributed by atoms with Crippen molar-refractivity contribution in [3.8, 4) is 11.4 Å². The van der Waals surface area contributed by atoms with Crippen LogP contribution in [0.1, 0.15) is 24.7 Å². The molecule has 0 N–H and O–H groups in total. The van der Waals surface area contributed by atoms with Gasteiger partial charge >= 0.3 is 0 Å². The van der Waals surface area contributed by atoms with Crippen molar-refractivity contribution >= 4 is 17.2 Å². The number of carbonyl (C=O) groups excluding carboxylic acids is 1. The van der Waals surface area contributed by atoms with Gasteiger partial charge in [0.2, 0.25) is 17.6 Å². The van der Waals surface area contributed by atoms with E-state index in [9.17, 15) is 4.79 Å². The number of thiophene rings is 1. The lowest BCUT2D eigenvalue weighted by Crippen LogP contribution is -2.45. The van der Waals surface area contributed by atoms with Crippen LogP contribution in [0, 0.1) is 5.92 Å². The summed E-state index contributed by atoms with van der Waals surface area (Å²) in [6.07, 6.45) is 5.65. The first-order valence-corrected chi connectivity index (χ1v) is 9.15. The first kappa shape index (κ1) is 15.5. The van der Waals surface area contributed by atoms with E-state index in [0.29, 0.717) is 38.0 Å². The van der Waals surface area contributed by atoms with Crippen molar-refractivity contribution in [1.82, 2.24) is 15.0 Å². The Hall–Kier alpha value is -1.99. The highest BCUT2D eigenvalue weighted by Crippen LogP contribution is 2.36. The van der Waals surface area contributed by atoms with Gasteiger partial charge in [-0.1, -0.05) is 17.3 Å². The van der Waals surface area contributed by atoms with Gasteiger partial charge in [0.1, 0.15) is 0 Å². The molecule has 1 amide bonds. The molecule has 1 aliphatic carbocycles. The van der Waals surface area contributed by atoms with Gasteiger partial charge in [-0.3, -0.25) is 4.79 Å². The average Bonchev–Trinajstić information content (AvgIpc) is 3.33. The number of morpholine rings is 1. The third-order valence-corrected chi connectivity index (χ3v) is 5.29. The Balaban J connectivity index is 1.56. The van der Waals surface area contributed by atoms with E-state index in [1.807, 2.05) is 21.7 Å². The van der Waals surface area contributed by atoms with E-state index in [0.717, 1.165) is 18.4 Å². The number of allylic oxidation sites excluding steroid dienone is 2. The molecule has 0 unspecified atom stereocenters. The predicted octanol–water partition coefficient (Wildman–Crippen LogP) is 2.71. The Morgan fingerprint density at radius 2 is 2.08 bits per heavy atom. The monoisotopic (exact) mass is 345 g/mol. The molecule has 1 aliphatic heterocycles. The lowest BCUT2D eigenvalue weighted by Gasteiger charge is -2.33. The molecular weight excluding hydrogens is 326 g/mol. The fraction of sp³-hybridized carbons (Fsp3) is 0.471. The van der Waals surface area contributed by atoms with Gasteiger partial charge < -0.3 is 14.2 Å². The van der Waals surface area contributed by atoms with E-state index >= 15 is 0 Å². The molecule has 1 saturated heterocycles. The summed E-state index contributed by atoms with van der Waals surface area (Å²) in [5.41, 5.74) is 0.956. The van der Waals surface area contributed by atoms with Crippen LogP contribution in [0.15, 0.2) is 33.5 Å².